The molecule has 3 heterocycles. The molecule has 0 spiro atoms. The number of aryl methyl sites for hydroxylation is 1. The standard InChI is InChI=1S/C51H77NO11/c1-9-39-27-32(2)26-33(3)28-44(59-7)47-45(60-8)30-36(6)51(58,63-47)48(55)49(56)52-24-14-13-19-40(52)50(57)62-46(34(4)20-22-41(39)53)35(5)29-38-21-23-43(42(54)31-38)61-25-15-18-37-16-11-10-12-17-37/h10-12,16-17,27,29,33-34,36,38-40,42-47,54,58H,9,13-15,18-26,28,30-31H2,1-8H3. The molecule has 352 valence electrons. The Morgan fingerprint density at radius 2 is 1.65 bits per heavy atom. The molecule has 12 heteroatoms. The van der Waals surface area contributed by atoms with Crippen molar-refractivity contribution in [2.24, 2.45) is 29.6 Å². The molecule has 63 heavy (non-hydrogen) atoms. The smallest absolute Gasteiger partial charge is 0.329 e. The van der Waals surface area contributed by atoms with Gasteiger partial charge in [0.05, 0.1) is 24.4 Å². The molecule has 1 aromatic carbocycles. The summed E-state index contributed by atoms with van der Waals surface area (Å²) in [6.07, 6.45) is 8.74. The molecule has 13 atom stereocenters. The molecule has 12 nitrogen and oxygen atoms in total. The molecule has 0 radical (unpaired) electrons. The van der Waals surface area contributed by atoms with Crippen LogP contribution in [0, 0.1) is 29.6 Å². The number of ether oxygens (including phenoxy) is 5. The fourth-order valence-electron chi connectivity index (χ4n) is 10.5. The number of ketones is 2. The maximum absolute atomic E-state index is 14.4. The van der Waals surface area contributed by atoms with Gasteiger partial charge in [-0.3, -0.25) is 14.4 Å². The zero-order valence-corrected chi connectivity index (χ0v) is 39.3. The predicted molar refractivity (Wildman–Crippen MR) is 240 cm³/mol. The third-order valence-corrected chi connectivity index (χ3v) is 14.2. The van der Waals surface area contributed by atoms with Gasteiger partial charge in [0, 0.05) is 45.6 Å². The molecule has 1 aromatic rings. The second-order valence-electron chi connectivity index (χ2n) is 19.3. The molecule has 0 aromatic heterocycles. The lowest BCUT2D eigenvalue weighted by Crippen LogP contribution is -2.64. The number of aliphatic hydroxyl groups is 2. The summed E-state index contributed by atoms with van der Waals surface area (Å²) >= 11 is 0. The predicted octanol–water partition coefficient (Wildman–Crippen LogP) is 7.51. The summed E-state index contributed by atoms with van der Waals surface area (Å²) < 4.78 is 30.7. The van der Waals surface area contributed by atoms with E-state index in [1.54, 1.807) is 21.1 Å². The molecule has 2 bridgehead atoms. The molecule has 13 unspecified atom stereocenters. The lowest BCUT2D eigenvalue weighted by molar-refractivity contribution is -0.302. The number of Topliss-reactive ketones (excluding diaryl/α,β-unsaturated/α-hetero) is 2. The second kappa shape index (κ2) is 23.8. The Labute approximate surface area is 376 Å². The van der Waals surface area contributed by atoms with Gasteiger partial charge in [0.1, 0.15) is 24.0 Å². The highest BCUT2D eigenvalue weighted by Crippen LogP contribution is 2.39. The zero-order valence-electron chi connectivity index (χ0n) is 39.3. The number of esters is 1. The number of carbonyl (C=O) groups excluding carboxylic acids is 4. The summed E-state index contributed by atoms with van der Waals surface area (Å²) in [7, 11) is 3.11. The van der Waals surface area contributed by atoms with Crippen molar-refractivity contribution in [3.63, 3.8) is 0 Å². The number of carbonyl (C=O) groups is 4. The van der Waals surface area contributed by atoms with E-state index in [0.29, 0.717) is 70.8 Å². The average Bonchev–Trinajstić information content (AvgIpc) is 3.27. The van der Waals surface area contributed by atoms with E-state index in [0.717, 1.165) is 30.4 Å². The van der Waals surface area contributed by atoms with E-state index >= 15 is 0 Å². The molecule has 5 rings (SSSR count). The number of methoxy groups -OCH3 is 2. The van der Waals surface area contributed by atoms with Crippen LogP contribution in [-0.4, -0.2) is 114 Å². The van der Waals surface area contributed by atoms with Gasteiger partial charge in [-0.25, -0.2) is 4.79 Å². The molecule has 3 fully saturated rings. The number of hydrogen-bond acceptors (Lipinski definition) is 11. The van der Waals surface area contributed by atoms with Gasteiger partial charge in [-0.1, -0.05) is 75.8 Å². The van der Waals surface area contributed by atoms with Gasteiger partial charge in [-0.2, -0.15) is 0 Å². The SMILES string of the molecule is CCC1C=C(C)CC(C)CC(OC)C2OC(O)(C(=O)C(=O)N3CCCCC3C(=O)OC(C(C)=CC3CCC(OCCCc4ccccc4)C(O)C3)C(C)CCC1=O)C(C)CC2OC. The number of hydrogen-bond donors (Lipinski definition) is 2. The Bertz CT molecular complexity index is 1730. The Morgan fingerprint density at radius 1 is 0.937 bits per heavy atom. The van der Waals surface area contributed by atoms with E-state index in [2.05, 4.69) is 31.2 Å². The molecular weight excluding hydrogens is 803 g/mol. The summed E-state index contributed by atoms with van der Waals surface area (Å²) in [6.45, 7) is 12.4. The van der Waals surface area contributed by atoms with E-state index in [1.165, 1.54) is 10.5 Å². The zero-order chi connectivity index (χ0) is 45.8. The number of amides is 1. The van der Waals surface area contributed by atoms with Crippen LogP contribution in [-0.2, 0) is 49.3 Å². The Hall–Kier alpha value is -3.26. The van der Waals surface area contributed by atoms with Gasteiger partial charge in [0.2, 0.25) is 5.79 Å². The summed E-state index contributed by atoms with van der Waals surface area (Å²) in [5.41, 5.74) is 3.15. The largest absolute Gasteiger partial charge is 0.456 e. The third kappa shape index (κ3) is 13.2. The topological polar surface area (TPSA) is 158 Å². The number of rotatable bonds is 10. The molecule has 4 aliphatic rings. The van der Waals surface area contributed by atoms with Crippen LogP contribution in [0.15, 0.2) is 53.6 Å². The van der Waals surface area contributed by atoms with Crippen molar-refractivity contribution >= 4 is 23.4 Å². The summed E-state index contributed by atoms with van der Waals surface area (Å²) in [5, 5.41) is 23.3. The maximum atomic E-state index is 14.4. The molecule has 2 N–H and O–H groups in total. The van der Waals surface area contributed by atoms with Crippen LogP contribution in [0.4, 0.5) is 0 Å². The molecular formula is C51H77NO11. The number of allylic oxidation sites excluding steroid dienone is 3. The minimum Gasteiger partial charge on any atom is -0.456 e. The highest BCUT2D eigenvalue weighted by Gasteiger charge is 2.56. The summed E-state index contributed by atoms with van der Waals surface area (Å²) in [4.78, 5) is 58.1. The number of benzene rings is 1. The van der Waals surface area contributed by atoms with Crippen LogP contribution in [0.1, 0.15) is 131 Å². The lowest BCUT2D eigenvalue weighted by atomic mass is 9.82. The molecule has 3 aliphatic heterocycles. The highest BCUT2D eigenvalue weighted by atomic mass is 16.7. The van der Waals surface area contributed by atoms with Gasteiger partial charge in [-0.05, 0) is 126 Å². The van der Waals surface area contributed by atoms with Gasteiger partial charge >= 0.3 is 5.97 Å². The Balaban J connectivity index is 1.40. The van der Waals surface area contributed by atoms with E-state index in [1.807, 2.05) is 45.9 Å². The van der Waals surface area contributed by atoms with Crippen LogP contribution in [0.2, 0.25) is 0 Å². The first-order valence-electron chi connectivity index (χ1n) is 23.8. The second-order valence-corrected chi connectivity index (χ2v) is 19.3. The van der Waals surface area contributed by atoms with Crippen LogP contribution >= 0.6 is 0 Å². The molecule has 1 saturated carbocycles. The summed E-state index contributed by atoms with van der Waals surface area (Å²) in [6, 6.07) is 9.23. The van der Waals surface area contributed by atoms with E-state index in [9.17, 15) is 29.4 Å². The van der Waals surface area contributed by atoms with Crippen molar-refractivity contribution in [3.05, 3.63) is 59.2 Å². The maximum Gasteiger partial charge on any atom is 0.329 e. The van der Waals surface area contributed by atoms with Crippen LogP contribution in [0.25, 0.3) is 0 Å². The van der Waals surface area contributed by atoms with Crippen molar-refractivity contribution in [2.45, 2.75) is 180 Å². The Kier molecular flexibility index (Phi) is 19.2. The number of aliphatic hydroxyl groups excluding tert-OH is 1. The van der Waals surface area contributed by atoms with Crippen LogP contribution in [0.3, 0.4) is 0 Å². The third-order valence-electron chi connectivity index (χ3n) is 14.2. The van der Waals surface area contributed by atoms with Gasteiger partial charge in [0.15, 0.2) is 0 Å². The fraction of sp³-hybridized carbons (Fsp3) is 0.725. The lowest BCUT2D eigenvalue weighted by Gasteiger charge is -2.47. The van der Waals surface area contributed by atoms with Crippen molar-refractivity contribution in [1.82, 2.24) is 4.90 Å². The van der Waals surface area contributed by atoms with Crippen LogP contribution in [0.5, 0.6) is 0 Å². The number of cyclic esters (lactones) is 1. The molecule has 1 amide bonds. The average molecular weight is 880 g/mol. The number of nitrogens with zero attached hydrogens (tertiary/aromatic N) is 1. The molecule has 1 aliphatic carbocycles. The first-order valence-corrected chi connectivity index (χ1v) is 23.8. The van der Waals surface area contributed by atoms with Gasteiger partial charge < -0.3 is 38.8 Å². The highest BCUT2D eigenvalue weighted by molar-refractivity contribution is 6.39. The normalized spacial score (nSPS) is 36.2. The Morgan fingerprint density at radius 3 is 2.33 bits per heavy atom. The first kappa shape index (κ1) is 50.7. The molecule has 2 saturated heterocycles. The van der Waals surface area contributed by atoms with Gasteiger partial charge in [0.25, 0.3) is 11.7 Å². The number of piperidine rings is 1. The monoisotopic (exact) mass is 880 g/mol. The van der Waals surface area contributed by atoms with Crippen molar-refractivity contribution in [2.75, 3.05) is 27.4 Å². The first-order chi connectivity index (χ1) is 30.1. The fourth-order valence-corrected chi connectivity index (χ4v) is 10.5. The van der Waals surface area contributed by atoms with E-state index < -0.39 is 65.9 Å². The van der Waals surface area contributed by atoms with Crippen molar-refractivity contribution in [3.8, 4) is 0 Å². The van der Waals surface area contributed by atoms with E-state index in [-0.39, 0.29) is 48.5 Å². The minimum atomic E-state index is -2.47. The van der Waals surface area contributed by atoms with Gasteiger partial charge in [-0.15, -0.1) is 0 Å². The minimum absolute atomic E-state index is 0.0182. The van der Waals surface area contributed by atoms with Crippen molar-refractivity contribution in [1.29, 1.82) is 0 Å². The quantitative estimate of drug-likeness (QED) is 0.104. The number of fused-ring (bicyclic) bond motifs is 3. The van der Waals surface area contributed by atoms with E-state index in [4.69, 9.17) is 23.7 Å². The van der Waals surface area contributed by atoms with Crippen molar-refractivity contribution < 1.29 is 53.1 Å². The summed E-state index contributed by atoms with van der Waals surface area (Å²) in [5.74, 6) is -6.32. The van der Waals surface area contributed by atoms with Crippen LogP contribution < -0.4 is 0 Å².